The van der Waals surface area contributed by atoms with Crippen molar-refractivity contribution < 1.29 is 9.59 Å². The van der Waals surface area contributed by atoms with Crippen LogP contribution < -0.4 is 5.32 Å². The van der Waals surface area contributed by atoms with Crippen molar-refractivity contribution in [1.29, 1.82) is 0 Å². The Morgan fingerprint density at radius 1 is 1.03 bits per heavy atom. The van der Waals surface area contributed by atoms with Crippen molar-refractivity contribution in [1.82, 2.24) is 19.8 Å². The molecular weight excluding hydrogens is 424 g/mol. The molecule has 1 aromatic heterocycles. The summed E-state index contributed by atoms with van der Waals surface area (Å²) in [6.07, 6.45) is 3.28. The van der Waals surface area contributed by atoms with Gasteiger partial charge in [0.05, 0.1) is 11.0 Å². The molecule has 0 saturated heterocycles. The number of aryl methyl sites for hydroxylation is 1. The lowest BCUT2D eigenvalue weighted by Gasteiger charge is -2.22. The highest BCUT2D eigenvalue weighted by Crippen LogP contribution is 2.18. The Labute approximate surface area is 194 Å². The largest absolute Gasteiger partial charge is 0.352 e. The van der Waals surface area contributed by atoms with Crippen LogP contribution in [0.3, 0.4) is 0 Å². The van der Waals surface area contributed by atoms with Crippen molar-refractivity contribution in [2.45, 2.75) is 46.1 Å². The van der Waals surface area contributed by atoms with Gasteiger partial charge in [0.15, 0.2) is 0 Å². The Bertz CT molecular complexity index is 1040. The number of halogens is 1. The van der Waals surface area contributed by atoms with Crippen LogP contribution in [0, 0.1) is 0 Å². The summed E-state index contributed by atoms with van der Waals surface area (Å²) >= 11 is 5.88. The summed E-state index contributed by atoms with van der Waals surface area (Å²) < 4.78 is 2.02. The van der Waals surface area contributed by atoms with Crippen molar-refractivity contribution in [2.24, 2.45) is 0 Å². The quantitative estimate of drug-likeness (QED) is 0.427. The number of imidazole rings is 1. The van der Waals surface area contributed by atoms with Crippen LogP contribution >= 0.6 is 11.6 Å². The molecule has 0 spiro atoms. The zero-order valence-corrected chi connectivity index (χ0v) is 19.6. The summed E-state index contributed by atoms with van der Waals surface area (Å²) in [4.78, 5) is 32.0. The number of hydrogen-bond acceptors (Lipinski definition) is 3. The molecule has 7 heteroatoms. The van der Waals surface area contributed by atoms with Crippen LogP contribution in [-0.4, -0.2) is 45.9 Å². The van der Waals surface area contributed by atoms with Crippen LogP contribution in [0.4, 0.5) is 0 Å². The first-order valence-electron chi connectivity index (χ1n) is 11.3. The van der Waals surface area contributed by atoms with E-state index in [1.54, 1.807) is 24.3 Å². The first kappa shape index (κ1) is 23.8. The maximum atomic E-state index is 13.0. The van der Waals surface area contributed by atoms with Gasteiger partial charge in [0.1, 0.15) is 12.4 Å². The number of carbonyl (C=O) groups is 2. The van der Waals surface area contributed by atoms with Gasteiger partial charge in [-0.05, 0) is 55.7 Å². The number of nitrogens with one attached hydrogen (secondary N) is 1. The van der Waals surface area contributed by atoms with Crippen LogP contribution in [0.2, 0.25) is 5.02 Å². The number of nitrogens with zero attached hydrogens (tertiary/aromatic N) is 3. The lowest BCUT2D eigenvalue weighted by Crippen LogP contribution is -2.35. The number of fused-ring (bicyclic) bond motifs is 1. The number of para-hydroxylation sites is 2. The third kappa shape index (κ3) is 6.10. The fourth-order valence-corrected chi connectivity index (χ4v) is 3.91. The number of amides is 2. The van der Waals surface area contributed by atoms with Gasteiger partial charge in [-0.2, -0.15) is 0 Å². The minimum absolute atomic E-state index is 0.120. The second-order valence-corrected chi connectivity index (χ2v) is 8.29. The molecule has 1 heterocycles. The average molecular weight is 455 g/mol. The van der Waals surface area contributed by atoms with E-state index in [1.165, 1.54) is 0 Å². The molecule has 2 amide bonds. The molecule has 0 unspecified atom stereocenters. The fraction of sp³-hybridized carbons (Fsp3) is 0.400. The molecule has 3 aromatic rings. The predicted molar refractivity (Wildman–Crippen MR) is 129 cm³/mol. The minimum Gasteiger partial charge on any atom is -0.352 e. The summed E-state index contributed by atoms with van der Waals surface area (Å²) in [7, 11) is 0. The zero-order valence-electron chi connectivity index (χ0n) is 18.8. The molecule has 0 aliphatic rings. The lowest BCUT2D eigenvalue weighted by atomic mass is 10.2. The van der Waals surface area contributed by atoms with Crippen molar-refractivity contribution in [3.63, 3.8) is 0 Å². The van der Waals surface area contributed by atoms with Crippen molar-refractivity contribution >= 4 is 34.4 Å². The molecule has 1 N–H and O–H groups in total. The fourth-order valence-electron chi connectivity index (χ4n) is 3.78. The summed E-state index contributed by atoms with van der Waals surface area (Å²) in [5, 5.41) is 3.54. The van der Waals surface area contributed by atoms with Gasteiger partial charge >= 0.3 is 0 Å². The molecule has 32 heavy (non-hydrogen) atoms. The molecule has 6 nitrogen and oxygen atoms in total. The van der Waals surface area contributed by atoms with Crippen LogP contribution in [0.1, 0.15) is 49.3 Å². The van der Waals surface area contributed by atoms with Gasteiger partial charge in [0.2, 0.25) is 5.91 Å². The molecular formula is C25H31ClN4O2. The Balaban J connectivity index is 1.66. The number of rotatable bonds is 11. The first-order valence-corrected chi connectivity index (χ1v) is 11.7. The Kier molecular flexibility index (Phi) is 8.68. The van der Waals surface area contributed by atoms with E-state index in [0.29, 0.717) is 23.6 Å². The van der Waals surface area contributed by atoms with E-state index in [-0.39, 0.29) is 18.4 Å². The van der Waals surface area contributed by atoms with Crippen molar-refractivity contribution in [3.05, 3.63) is 64.9 Å². The number of carbonyl (C=O) groups excluding carboxylic acids is 2. The summed E-state index contributed by atoms with van der Waals surface area (Å²) in [6, 6.07) is 14.7. The molecule has 0 bridgehead atoms. The lowest BCUT2D eigenvalue weighted by molar-refractivity contribution is -0.131. The van der Waals surface area contributed by atoms with Gasteiger partial charge in [0.25, 0.3) is 5.91 Å². The van der Waals surface area contributed by atoms with Crippen LogP contribution in [0.25, 0.3) is 11.0 Å². The molecule has 3 rings (SSSR count). The van der Waals surface area contributed by atoms with Gasteiger partial charge in [-0.15, -0.1) is 0 Å². The molecule has 0 radical (unpaired) electrons. The number of aromatic nitrogens is 2. The molecule has 0 fully saturated rings. The van der Waals surface area contributed by atoms with Gasteiger partial charge in [0, 0.05) is 36.6 Å². The van der Waals surface area contributed by atoms with E-state index in [0.717, 1.165) is 49.2 Å². The SMILES string of the molecule is CCCN(CCC)C(=O)Cn1c(CCCNC(=O)c2ccc(Cl)cc2)nc2ccccc21. The summed E-state index contributed by atoms with van der Waals surface area (Å²) in [6.45, 7) is 6.53. The first-order chi connectivity index (χ1) is 15.5. The van der Waals surface area contributed by atoms with Crippen molar-refractivity contribution in [2.75, 3.05) is 19.6 Å². The highest BCUT2D eigenvalue weighted by molar-refractivity contribution is 6.30. The number of hydrogen-bond donors (Lipinski definition) is 1. The van der Waals surface area contributed by atoms with E-state index >= 15 is 0 Å². The number of benzene rings is 2. The highest BCUT2D eigenvalue weighted by Gasteiger charge is 2.17. The Morgan fingerprint density at radius 3 is 2.41 bits per heavy atom. The van der Waals surface area contributed by atoms with Crippen molar-refractivity contribution in [3.8, 4) is 0 Å². The van der Waals surface area contributed by atoms with E-state index in [1.807, 2.05) is 33.7 Å². The van der Waals surface area contributed by atoms with Gasteiger partial charge in [-0.25, -0.2) is 4.98 Å². The van der Waals surface area contributed by atoms with E-state index in [4.69, 9.17) is 16.6 Å². The second-order valence-electron chi connectivity index (χ2n) is 7.85. The smallest absolute Gasteiger partial charge is 0.251 e. The predicted octanol–water partition coefficient (Wildman–Crippen LogP) is 4.70. The van der Waals surface area contributed by atoms with E-state index < -0.39 is 0 Å². The van der Waals surface area contributed by atoms with Gasteiger partial charge in [-0.3, -0.25) is 9.59 Å². The topological polar surface area (TPSA) is 67.2 Å². The van der Waals surface area contributed by atoms with Gasteiger partial charge < -0.3 is 14.8 Å². The van der Waals surface area contributed by atoms with Crippen LogP contribution in [0.15, 0.2) is 48.5 Å². The summed E-state index contributed by atoms with van der Waals surface area (Å²) in [5.41, 5.74) is 2.44. The molecule has 2 aromatic carbocycles. The van der Waals surface area contributed by atoms with E-state index in [9.17, 15) is 9.59 Å². The molecule has 0 aliphatic heterocycles. The van der Waals surface area contributed by atoms with E-state index in [2.05, 4.69) is 19.2 Å². The zero-order chi connectivity index (χ0) is 22.9. The molecule has 170 valence electrons. The maximum Gasteiger partial charge on any atom is 0.251 e. The summed E-state index contributed by atoms with van der Waals surface area (Å²) in [5.74, 6) is 0.863. The minimum atomic E-state index is -0.125. The highest BCUT2D eigenvalue weighted by atomic mass is 35.5. The third-order valence-electron chi connectivity index (χ3n) is 5.34. The standard InChI is InChI=1S/C25H31ClN4O2/c1-3-16-29(17-4-2)24(31)18-30-22-9-6-5-8-21(22)28-23(30)10-7-15-27-25(32)19-11-13-20(26)14-12-19/h5-6,8-9,11-14H,3-4,7,10,15-18H2,1-2H3,(H,27,32). The second kappa shape index (κ2) is 11.7. The normalized spacial score (nSPS) is 11.0. The molecule has 0 aliphatic carbocycles. The molecule has 0 saturated carbocycles. The third-order valence-corrected chi connectivity index (χ3v) is 5.59. The maximum absolute atomic E-state index is 13.0. The Morgan fingerprint density at radius 2 is 1.72 bits per heavy atom. The Hall–Kier alpha value is -2.86. The van der Waals surface area contributed by atoms with Crippen LogP contribution in [0.5, 0.6) is 0 Å². The van der Waals surface area contributed by atoms with Gasteiger partial charge in [-0.1, -0.05) is 37.6 Å². The monoisotopic (exact) mass is 454 g/mol. The van der Waals surface area contributed by atoms with Crippen LogP contribution in [-0.2, 0) is 17.8 Å². The molecule has 0 atom stereocenters. The average Bonchev–Trinajstić information content (AvgIpc) is 3.14.